The van der Waals surface area contributed by atoms with Gasteiger partial charge in [-0.15, -0.1) is 0 Å². The number of hydrogen-bond donors (Lipinski definition) is 1. The molecule has 0 saturated carbocycles. The van der Waals surface area contributed by atoms with E-state index in [1.54, 1.807) is 0 Å². The maximum absolute atomic E-state index is 12.8. The maximum Gasteiger partial charge on any atom is 0.345 e. The molecule has 0 saturated heterocycles. The molecule has 1 heterocycles. The van der Waals surface area contributed by atoms with Gasteiger partial charge in [0.2, 0.25) is 0 Å². The zero-order valence-electron chi connectivity index (χ0n) is 24.3. The molecule has 0 unspecified atom stereocenters. The minimum atomic E-state index is -0.531. The number of esters is 1. The highest BCUT2D eigenvalue weighted by Crippen LogP contribution is 2.27. The number of rotatable bonds is 11. The van der Waals surface area contributed by atoms with Crippen molar-refractivity contribution in [3.8, 4) is 11.1 Å². The molecule has 40 heavy (non-hydrogen) atoms. The summed E-state index contributed by atoms with van der Waals surface area (Å²) >= 11 is 0. The molecule has 0 aliphatic carbocycles. The zero-order valence-corrected chi connectivity index (χ0v) is 24.3. The molecule has 3 aromatic rings. The summed E-state index contributed by atoms with van der Waals surface area (Å²) in [6.45, 7) is 10.0. The highest BCUT2D eigenvalue weighted by atomic mass is 16.5. The van der Waals surface area contributed by atoms with Crippen LogP contribution in [0.5, 0.6) is 0 Å². The molecular formula is C35H42N2O3. The standard InChI is InChI=1S/C35H42N2O3/c1-5-6-7-8-12-23-37(24-26-15-19-29(20-16-26)35(2,3)4)33(32-31(38)25-40-34(32)39)36-30-21-17-28(18-22-30)27-13-10-9-11-14-27/h9-11,13-22,38H,5-8,12,23-25H2,1-4H3. The van der Waals surface area contributed by atoms with Gasteiger partial charge in [-0.1, -0.05) is 120 Å². The smallest absolute Gasteiger partial charge is 0.345 e. The second-order valence-corrected chi connectivity index (χ2v) is 11.5. The molecule has 0 spiro atoms. The molecule has 5 nitrogen and oxygen atoms in total. The summed E-state index contributed by atoms with van der Waals surface area (Å²) in [7, 11) is 0. The van der Waals surface area contributed by atoms with Crippen LogP contribution in [0.3, 0.4) is 0 Å². The molecule has 0 fully saturated rings. The lowest BCUT2D eigenvalue weighted by Gasteiger charge is -2.27. The van der Waals surface area contributed by atoms with Crippen molar-refractivity contribution in [2.45, 2.75) is 71.8 Å². The van der Waals surface area contributed by atoms with E-state index in [1.165, 1.54) is 24.8 Å². The van der Waals surface area contributed by atoms with Gasteiger partial charge < -0.3 is 14.7 Å². The Morgan fingerprint density at radius 2 is 1.52 bits per heavy atom. The molecule has 0 amide bonds. The summed E-state index contributed by atoms with van der Waals surface area (Å²) in [6, 6.07) is 26.8. The van der Waals surface area contributed by atoms with E-state index in [-0.39, 0.29) is 23.4 Å². The van der Waals surface area contributed by atoms with Crippen LogP contribution in [0.4, 0.5) is 5.69 Å². The topological polar surface area (TPSA) is 62.1 Å². The summed E-state index contributed by atoms with van der Waals surface area (Å²) in [6.07, 6.45) is 5.63. The van der Waals surface area contributed by atoms with E-state index in [2.05, 4.69) is 69.0 Å². The Bertz CT molecular complexity index is 1320. The summed E-state index contributed by atoms with van der Waals surface area (Å²) in [5, 5.41) is 10.7. The maximum atomic E-state index is 12.8. The molecule has 210 valence electrons. The van der Waals surface area contributed by atoms with Crippen LogP contribution in [0, 0.1) is 0 Å². The zero-order chi connectivity index (χ0) is 28.5. The Kier molecular flexibility index (Phi) is 9.81. The number of aliphatic hydroxyl groups is 1. The van der Waals surface area contributed by atoms with Gasteiger partial charge in [0.15, 0.2) is 0 Å². The van der Waals surface area contributed by atoms with Gasteiger partial charge in [0.1, 0.15) is 23.8 Å². The van der Waals surface area contributed by atoms with Gasteiger partial charge in [0.25, 0.3) is 0 Å². The third-order valence-electron chi connectivity index (χ3n) is 7.29. The van der Waals surface area contributed by atoms with Gasteiger partial charge in [-0.05, 0) is 46.2 Å². The quantitative estimate of drug-likeness (QED) is 0.115. The lowest BCUT2D eigenvalue weighted by atomic mass is 9.87. The molecule has 0 atom stereocenters. The van der Waals surface area contributed by atoms with Crippen molar-refractivity contribution in [3.05, 3.63) is 101 Å². The SMILES string of the molecule is CCCCCCCN(Cc1ccc(C(C)(C)C)cc1)C(=Nc1ccc(-c2ccccc2)cc1)C1=C(O)COC1=O. The summed E-state index contributed by atoms with van der Waals surface area (Å²) < 4.78 is 5.21. The first-order chi connectivity index (χ1) is 19.3. The van der Waals surface area contributed by atoms with Crippen LogP contribution in [-0.4, -0.2) is 35.0 Å². The minimum Gasteiger partial charge on any atom is -0.508 e. The minimum absolute atomic E-state index is 0.0660. The molecular weight excluding hydrogens is 496 g/mol. The molecule has 3 aromatic carbocycles. The first kappa shape index (κ1) is 29.1. The van der Waals surface area contributed by atoms with Crippen molar-refractivity contribution < 1.29 is 14.6 Å². The molecule has 0 radical (unpaired) electrons. The summed E-state index contributed by atoms with van der Waals surface area (Å²) in [5.74, 6) is -0.136. The number of ether oxygens (including phenoxy) is 1. The van der Waals surface area contributed by atoms with Crippen LogP contribution in [-0.2, 0) is 21.5 Å². The largest absolute Gasteiger partial charge is 0.508 e. The van der Waals surface area contributed by atoms with Gasteiger partial charge in [0.05, 0.1) is 5.69 Å². The number of aliphatic hydroxyl groups excluding tert-OH is 1. The van der Waals surface area contributed by atoms with Crippen LogP contribution >= 0.6 is 0 Å². The van der Waals surface area contributed by atoms with Crippen molar-refractivity contribution in [1.29, 1.82) is 0 Å². The molecule has 1 aliphatic heterocycles. The average Bonchev–Trinajstić information content (AvgIpc) is 3.29. The average molecular weight is 539 g/mol. The van der Waals surface area contributed by atoms with Crippen molar-refractivity contribution in [1.82, 2.24) is 4.90 Å². The van der Waals surface area contributed by atoms with Gasteiger partial charge in [-0.3, -0.25) is 0 Å². The van der Waals surface area contributed by atoms with Crippen LogP contribution in [0.15, 0.2) is 95.2 Å². The number of aliphatic imine (C=N–C) groups is 1. The Morgan fingerprint density at radius 1 is 0.875 bits per heavy atom. The number of unbranched alkanes of at least 4 members (excludes halogenated alkanes) is 4. The molecule has 0 bridgehead atoms. The Morgan fingerprint density at radius 3 is 2.12 bits per heavy atom. The highest BCUT2D eigenvalue weighted by Gasteiger charge is 2.32. The number of carbonyl (C=O) groups excluding carboxylic acids is 1. The Hall–Kier alpha value is -3.86. The van der Waals surface area contributed by atoms with Crippen LogP contribution in [0.2, 0.25) is 0 Å². The molecule has 4 rings (SSSR count). The number of nitrogens with zero attached hydrogens (tertiary/aromatic N) is 2. The highest BCUT2D eigenvalue weighted by molar-refractivity contribution is 6.20. The lowest BCUT2D eigenvalue weighted by Crippen LogP contribution is -2.35. The molecule has 5 heteroatoms. The van der Waals surface area contributed by atoms with Crippen molar-refractivity contribution in [2.24, 2.45) is 4.99 Å². The van der Waals surface area contributed by atoms with Crippen LogP contribution < -0.4 is 0 Å². The fourth-order valence-electron chi connectivity index (χ4n) is 4.88. The predicted molar refractivity (Wildman–Crippen MR) is 164 cm³/mol. The Balaban J connectivity index is 1.69. The first-order valence-electron chi connectivity index (χ1n) is 14.4. The van der Waals surface area contributed by atoms with Crippen molar-refractivity contribution in [3.63, 3.8) is 0 Å². The van der Waals surface area contributed by atoms with E-state index in [9.17, 15) is 9.90 Å². The van der Waals surface area contributed by atoms with Crippen molar-refractivity contribution in [2.75, 3.05) is 13.2 Å². The number of benzene rings is 3. The summed E-state index contributed by atoms with van der Waals surface area (Å²) in [4.78, 5) is 19.9. The predicted octanol–water partition coefficient (Wildman–Crippen LogP) is 8.52. The second kappa shape index (κ2) is 13.5. The monoisotopic (exact) mass is 538 g/mol. The molecule has 1 N–H and O–H groups in total. The third kappa shape index (κ3) is 7.62. The summed E-state index contributed by atoms with van der Waals surface area (Å²) in [5.41, 5.74) is 5.57. The Labute approximate surface area is 239 Å². The number of amidine groups is 1. The number of hydrogen-bond acceptors (Lipinski definition) is 4. The number of carbonyl (C=O) groups is 1. The lowest BCUT2D eigenvalue weighted by molar-refractivity contribution is -0.135. The van der Waals surface area contributed by atoms with Crippen LogP contribution in [0.1, 0.15) is 70.9 Å². The van der Waals surface area contributed by atoms with E-state index in [1.807, 2.05) is 42.5 Å². The second-order valence-electron chi connectivity index (χ2n) is 11.5. The van der Waals surface area contributed by atoms with E-state index in [0.29, 0.717) is 18.1 Å². The van der Waals surface area contributed by atoms with Crippen LogP contribution in [0.25, 0.3) is 11.1 Å². The van der Waals surface area contributed by atoms with Gasteiger partial charge in [-0.2, -0.15) is 0 Å². The number of cyclic esters (lactones) is 1. The fourth-order valence-corrected chi connectivity index (χ4v) is 4.88. The fraction of sp³-hybridized carbons (Fsp3) is 0.371. The molecule has 0 aromatic heterocycles. The van der Waals surface area contributed by atoms with Gasteiger partial charge in [-0.25, -0.2) is 9.79 Å². The van der Waals surface area contributed by atoms with E-state index >= 15 is 0 Å². The van der Waals surface area contributed by atoms with E-state index < -0.39 is 5.97 Å². The normalized spacial score (nSPS) is 14.0. The van der Waals surface area contributed by atoms with E-state index in [0.717, 1.165) is 36.1 Å². The third-order valence-corrected chi connectivity index (χ3v) is 7.29. The van der Waals surface area contributed by atoms with Gasteiger partial charge >= 0.3 is 5.97 Å². The van der Waals surface area contributed by atoms with Crippen molar-refractivity contribution >= 4 is 17.5 Å². The molecule has 1 aliphatic rings. The van der Waals surface area contributed by atoms with E-state index in [4.69, 9.17) is 9.73 Å². The van der Waals surface area contributed by atoms with Gasteiger partial charge in [0, 0.05) is 13.1 Å². The first-order valence-corrected chi connectivity index (χ1v) is 14.4.